The van der Waals surface area contributed by atoms with E-state index in [1.165, 1.54) is 0 Å². The standard InChI is InChI=1S/C22H25N5O2/c28-18-6-8-27(14-18)13-15-9-16-1-3-19(10-21(16)23-11-15)29-22-4-2-17(12-24-22)20-5-7-25-26-20/h1-4,9-12,18,20,25-26,28H,5-8,13-14H2/t18-,20?/m1/s1. The first-order chi connectivity index (χ1) is 14.2. The fraction of sp³-hybridized carbons (Fsp3) is 0.364. The van der Waals surface area contributed by atoms with Crippen molar-refractivity contribution in [3.8, 4) is 11.6 Å². The van der Waals surface area contributed by atoms with Crippen molar-refractivity contribution in [2.75, 3.05) is 19.6 Å². The van der Waals surface area contributed by atoms with E-state index in [-0.39, 0.29) is 6.10 Å². The van der Waals surface area contributed by atoms with E-state index in [9.17, 15) is 5.11 Å². The molecule has 1 unspecified atom stereocenters. The number of benzene rings is 1. The predicted molar refractivity (Wildman–Crippen MR) is 110 cm³/mol. The average Bonchev–Trinajstić information content (AvgIpc) is 3.41. The highest BCUT2D eigenvalue weighted by atomic mass is 16.5. The fourth-order valence-corrected chi connectivity index (χ4v) is 4.02. The van der Waals surface area contributed by atoms with Gasteiger partial charge >= 0.3 is 0 Å². The van der Waals surface area contributed by atoms with E-state index >= 15 is 0 Å². The number of aliphatic hydroxyl groups excluding tert-OH is 1. The lowest BCUT2D eigenvalue weighted by Crippen LogP contribution is -2.24. The maximum Gasteiger partial charge on any atom is 0.219 e. The third-order valence-electron chi connectivity index (χ3n) is 5.58. The van der Waals surface area contributed by atoms with Gasteiger partial charge in [-0.2, -0.15) is 0 Å². The third kappa shape index (κ3) is 4.23. The Labute approximate surface area is 169 Å². The zero-order chi connectivity index (χ0) is 19.6. The number of rotatable bonds is 5. The first-order valence-electron chi connectivity index (χ1n) is 10.1. The van der Waals surface area contributed by atoms with E-state index < -0.39 is 0 Å². The van der Waals surface area contributed by atoms with Crippen LogP contribution >= 0.6 is 0 Å². The van der Waals surface area contributed by atoms with Gasteiger partial charge in [0, 0.05) is 62.1 Å². The van der Waals surface area contributed by atoms with E-state index in [0.717, 1.165) is 66.8 Å². The summed E-state index contributed by atoms with van der Waals surface area (Å²) >= 11 is 0. The van der Waals surface area contributed by atoms with Crippen molar-refractivity contribution in [1.82, 2.24) is 25.7 Å². The van der Waals surface area contributed by atoms with Gasteiger partial charge in [-0.15, -0.1) is 0 Å². The van der Waals surface area contributed by atoms with Crippen LogP contribution in [0, 0.1) is 0 Å². The summed E-state index contributed by atoms with van der Waals surface area (Å²) in [4.78, 5) is 11.3. The monoisotopic (exact) mass is 391 g/mol. The molecule has 0 bridgehead atoms. The SMILES string of the molecule is O[C@@H]1CCN(Cc2cnc3cc(Oc4ccc(C5CCNN5)cn4)ccc3c2)C1. The fourth-order valence-electron chi connectivity index (χ4n) is 4.02. The summed E-state index contributed by atoms with van der Waals surface area (Å²) in [6.07, 6.45) is 5.48. The molecular weight excluding hydrogens is 366 g/mol. The van der Waals surface area contributed by atoms with Gasteiger partial charge in [0.1, 0.15) is 5.75 Å². The van der Waals surface area contributed by atoms with Gasteiger partial charge in [0.05, 0.1) is 11.6 Å². The van der Waals surface area contributed by atoms with Crippen LogP contribution in [0.3, 0.4) is 0 Å². The van der Waals surface area contributed by atoms with Gasteiger partial charge in [-0.1, -0.05) is 6.07 Å². The van der Waals surface area contributed by atoms with Crippen LogP contribution in [0.1, 0.15) is 30.0 Å². The maximum atomic E-state index is 9.69. The number of β-amino-alcohol motifs (C(OH)–C–C–N with tert-alkyl or cyclic N) is 1. The van der Waals surface area contributed by atoms with Gasteiger partial charge in [0.15, 0.2) is 0 Å². The minimum Gasteiger partial charge on any atom is -0.439 e. The molecule has 0 amide bonds. The number of nitrogens with one attached hydrogen (secondary N) is 2. The molecule has 7 nitrogen and oxygen atoms in total. The van der Waals surface area contributed by atoms with Crippen molar-refractivity contribution >= 4 is 10.9 Å². The van der Waals surface area contributed by atoms with Gasteiger partial charge in [-0.05, 0) is 42.2 Å². The van der Waals surface area contributed by atoms with E-state index in [1.54, 1.807) is 0 Å². The first kappa shape index (κ1) is 18.4. The molecule has 0 saturated carbocycles. The van der Waals surface area contributed by atoms with Crippen molar-refractivity contribution in [2.24, 2.45) is 0 Å². The van der Waals surface area contributed by atoms with Gasteiger partial charge in [-0.25, -0.2) is 4.98 Å². The molecule has 1 aromatic carbocycles. The Bertz CT molecular complexity index is 988. The smallest absolute Gasteiger partial charge is 0.219 e. The van der Waals surface area contributed by atoms with Crippen LogP contribution in [0.25, 0.3) is 10.9 Å². The minimum absolute atomic E-state index is 0.197. The molecule has 2 aromatic heterocycles. The summed E-state index contributed by atoms with van der Waals surface area (Å²) in [5, 5.41) is 10.8. The molecule has 2 atom stereocenters. The third-order valence-corrected chi connectivity index (χ3v) is 5.58. The predicted octanol–water partition coefficient (Wildman–Crippen LogP) is 2.53. The van der Waals surface area contributed by atoms with Crippen LogP contribution in [0.5, 0.6) is 11.6 Å². The van der Waals surface area contributed by atoms with Crippen molar-refractivity contribution in [1.29, 1.82) is 0 Å². The Morgan fingerprint density at radius 1 is 1.10 bits per heavy atom. The summed E-state index contributed by atoms with van der Waals surface area (Å²) in [5.41, 5.74) is 9.58. The molecule has 0 spiro atoms. The number of hydrogen-bond acceptors (Lipinski definition) is 7. The molecule has 7 heteroatoms. The Balaban J connectivity index is 1.27. The molecule has 0 aliphatic carbocycles. The number of hydrazine groups is 1. The Hall–Kier alpha value is -2.58. The van der Waals surface area contributed by atoms with E-state index in [1.807, 2.05) is 42.7 Å². The molecule has 3 N–H and O–H groups in total. The lowest BCUT2D eigenvalue weighted by molar-refractivity contribution is 0.175. The number of pyridine rings is 2. The second kappa shape index (κ2) is 8.04. The van der Waals surface area contributed by atoms with Crippen LogP contribution in [0.2, 0.25) is 0 Å². The molecule has 2 fully saturated rings. The molecule has 4 heterocycles. The molecule has 2 aliphatic rings. The highest BCUT2D eigenvalue weighted by Crippen LogP contribution is 2.26. The summed E-state index contributed by atoms with van der Waals surface area (Å²) in [6, 6.07) is 12.3. The molecule has 2 aliphatic heterocycles. The molecular formula is C22H25N5O2. The van der Waals surface area contributed by atoms with Crippen LogP contribution in [-0.4, -0.2) is 45.7 Å². The van der Waals surface area contributed by atoms with Crippen molar-refractivity contribution in [3.63, 3.8) is 0 Å². The largest absolute Gasteiger partial charge is 0.439 e. The average molecular weight is 391 g/mol. The number of nitrogens with zero attached hydrogens (tertiary/aromatic N) is 3. The van der Waals surface area contributed by atoms with Crippen molar-refractivity contribution in [2.45, 2.75) is 31.5 Å². The van der Waals surface area contributed by atoms with Crippen LogP contribution < -0.4 is 15.6 Å². The quantitative estimate of drug-likeness (QED) is 0.616. The summed E-state index contributed by atoms with van der Waals surface area (Å²) in [7, 11) is 0. The number of fused-ring (bicyclic) bond motifs is 1. The Morgan fingerprint density at radius 3 is 2.83 bits per heavy atom. The normalized spacial score (nSPS) is 22.4. The number of ether oxygens (including phenoxy) is 1. The number of likely N-dealkylation sites (tertiary alicyclic amines) is 1. The van der Waals surface area contributed by atoms with E-state index in [0.29, 0.717) is 11.9 Å². The van der Waals surface area contributed by atoms with Crippen LogP contribution in [0.4, 0.5) is 0 Å². The van der Waals surface area contributed by atoms with Gasteiger partial charge in [0.2, 0.25) is 5.88 Å². The maximum absolute atomic E-state index is 9.69. The Kier molecular flexibility index (Phi) is 5.12. The molecule has 5 rings (SSSR count). The zero-order valence-corrected chi connectivity index (χ0v) is 16.2. The number of hydrogen-bond donors (Lipinski definition) is 3. The molecule has 3 aromatic rings. The van der Waals surface area contributed by atoms with E-state index in [4.69, 9.17) is 4.74 Å². The second-order valence-electron chi connectivity index (χ2n) is 7.82. The highest BCUT2D eigenvalue weighted by Gasteiger charge is 2.20. The molecule has 29 heavy (non-hydrogen) atoms. The topological polar surface area (TPSA) is 82.5 Å². The molecule has 0 radical (unpaired) electrons. The van der Waals surface area contributed by atoms with E-state index in [2.05, 4.69) is 31.8 Å². The van der Waals surface area contributed by atoms with Gasteiger partial charge in [0.25, 0.3) is 0 Å². The lowest BCUT2D eigenvalue weighted by atomic mass is 10.1. The summed E-state index contributed by atoms with van der Waals surface area (Å²) in [5.74, 6) is 1.30. The molecule has 2 saturated heterocycles. The molecule has 150 valence electrons. The number of aromatic nitrogens is 2. The summed E-state index contributed by atoms with van der Waals surface area (Å²) in [6.45, 7) is 3.46. The number of aliphatic hydroxyl groups is 1. The van der Waals surface area contributed by atoms with Gasteiger partial charge < -0.3 is 9.84 Å². The van der Waals surface area contributed by atoms with Crippen molar-refractivity contribution in [3.05, 3.63) is 59.9 Å². The minimum atomic E-state index is -0.197. The zero-order valence-electron chi connectivity index (χ0n) is 16.2. The summed E-state index contributed by atoms with van der Waals surface area (Å²) < 4.78 is 5.93. The lowest BCUT2D eigenvalue weighted by Gasteiger charge is -2.15. The van der Waals surface area contributed by atoms with Crippen LogP contribution in [-0.2, 0) is 6.54 Å². The van der Waals surface area contributed by atoms with Crippen LogP contribution in [0.15, 0.2) is 48.8 Å². The highest BCUT2D eigenvalue weighted by molar-refractivity contribution is 5.80. The van der Waals surface area contributed by atoms with Gasteiger partial charge in [-0.3, -0.25) is 20.7 Å². The second-order valence-corrected chi connectivity index (χ2v) is 7.82. The first-order valence-corrected chi connectivity index (χ1v) is 10.1. The van der Waals surface area contributed by atoms with Crippen molar-refractivity contribution < 1.29 is 9.84 Å². The Morgan fingerprint density at radius 2 is 2.07 bits per heavy atom.